The lowest BCUT2D eigenvalue weighted by molar-refractivity contribution is -0.125. The summed E-state index contributed by atoms with van der Waals surface area (Å²) < 4.78 is 0. The molecule has 1 amide bonds. The first-order valence-corrected chi connectivity index (χ1v) is 9.98. The molecule has 2 fully saturated rings. The van der Waals surface area contributed by atoms with Crippen LogP contribution in [0, 0.1) is 0 Å². The summed E-state index contributed by atoms with van der Waals surface area (Å²) in [6.07, 6.45) is 4.11. The Morgan fingerprint density at radius 2 is 1.15 bits per heavy atom. The summed E-state index contributed by atoms with van der Waals surface area (Å²) in [6, 6.07) is 0.710. The molecule has 2 aliphatic rings. The minimum absolute atomic E-state index is 0.0435. The number of nitrogens with zero attached hydrogens (tertiary/aromatic N) is 1. The predicted octanol–water partition coefficient (Wildman–Crippen LogP) is 1.90. The molecule has 0 aromatic heterocycles. The van der Waals surface area contributed by atoms with Gasteiger partial charge >= 0.3 is 0 Å². The molecular formula is C20H41N5O. The number of rotatable bonds is 4. The minimum Gasteiger partial charge on any atom is -0.307 e. The summed E-state index contributed by atoms with van der Waals surface area (Å²) in [7, 11) is 0. The van der Waals surface area contributed by atoms with Crippen LogP contribution in [0.4, 0.5) is 0 Å². The third-order valence-electron chi connectivity index (χ3n) is 5.76. The zero-order chi connectivity index (χ0) is 20.0. The Kier molecular flexibility index (Phi) is 5.85. The largest absolute Gasteiger partial charge is 0.307 e. The van der Waals surface area contributed by atoms with Crippen LogP contribution in [0.25, 0.3) is 0 Å². The second-order valence-corrected chi connectivity index (χ2v) is 11.1. The first kappa shape index (κ1) is 21.6. The van der Waals surface area contributed by atoms with Gasteiger partial charge in [-0.25, -0.2) is 5.84 Å². The molecular weight excluding hydrogens is 326 g/mol. The van der Waals surface area contributed by atoms with Gasteiger partial charge in [0.2, 0.25) is 5.91 Å². The van der Waals surface area contributed by atoms with Crippen LogP contribution in [0.15, 0.2) is 0 Å². The van der Waals surface area contributed by atoms with Gasteiger partial charge in [0.25, 0.3) is 0 Å². The zero-order valence-corrected chi connectivity index (χ0v) is 18.1. The molecule has 0 aliphatic carbocycles. The van der Waals surface area contributed by atoms with Gasteiger partial charge in [-0.2, -0.15) is 0 Å². The monoisotopic (exact) mass is 367 g/mol. The quantitative estimate of drug-likeness (QED) is 0.347. The maximum Gasteiger partial charge on any atom is 0.248 e. The first-order valence-electron chi connectivity index (χ1n) is 9.98. The highest BCUT2D eigenvalue weighted by Crippen LogP contribution is 2.37. The Hall–Kier alpha value is -0.690. The normalized spacial score (nSPS) is 28.1. The van der Waals surface area contributed by atoms with Crippen LogP contribution in [0.3, 0.4) is 0 Å². The fourth-order valence-electron chi connectivity index (χ4n) is 5.77. The summed E-state index contributed by atoms with van der Waals surface area (Å²) in [5, 5.41) is 7.51. The Morgan fingerprint density at radius 3 is 1.42 bits per heavy atom. The van der Waals surface area contributed by atoms with E-state index in [9.17, 15) is 4.79 Å². The van der Waals surface area contributed by atoms with Crippen LogP contribution in [-0.4, -0.2) is 51.6 Å². The van der Waals surface area contributed by atoms with Crippen molar-refractivity contribution in [2.75, 3.05) is 6.54 Å². The molecule has 0 saturated carbocycles. The number of carbonyl (C=O) groups is 1. The van der Waals surface area contributed by atoms with Gasteiger partial charge in [-0.1, -0.05) is 0 Å². The van der Waals surface area contributed by atoms with E-state index < -0.39 is 0 Å². The maximum absolute atomic E-state index is 12.2. The van der Waals surface area contributed by atoms with Crippen molar-refractivity contribution in [2.45, 2.75) is 115 Å². The van der Waals surface area contributed by atoms with E-state index in [0.29, 0.717) is 18.6 Å². The predicted molar refractivity (Wildman–Crippen MR) is 108 cm³/mol. The van der Waals surface area contributed by atoms with E-state index in [1.165, 1.54) is 0 Å². The number of hydrazine groups is 1. The van der Waals surface area contributed by atoms with E-state index in [4.69, 9.17) is 5.84 Å². The molecule has 26 heavy (non-hydrogen) atoms. The van der Waals surface area contributed by atoms with Crippen molar-refractivity contribution in [3.8, 4) is 0 Å². The molecule has 6 nitrogen and oxygen atoms in total. The average Bonchev–Trinajstić information content (AvgIpc) is 2.37. The Morgan fingerprint density at radius 1 is 0.846 bits per heavy atom. The molecule has 2 heterocycles. The molecule has 2 aliphatic heterocycles. The lowest BCUT2D eigenvalue weighted by Gasteiger charge is -2.55. The molecule has 6 heteroatoms. The van der Waals surface area contributed by atoms with Gasteiger partial charge in [-0.15, -0.1) is 0 Å². The van der Waals surface area contributed by atoms with E-state index in [-0.39, 0.29) is 28.1 Å². The third kappa shape index (κ3) is 5.65. The standard InChI is InChI=1S/C20H41N5O/c1-17(2)9-14(10-18(3,4)23-17)25(13-16(26)22-21)15-11-19(5,6)24-20(7,8)12-15/h14-15,23-24H,9-13,21H2,1-8H3,(H,22,26). The van der Waals surface area contributed by atoms with Crippen LogP contribution in [0.1, 0.15) is 81.1 Å². The summed E-state index contributed by atoms with van der Waals surface area (Å²) in [5.74, 6) is 5.34. The number of nitrogens with two attached hydrogens (primary N) is 1. The van der Waals surface area contributed by atoms with Gasteiger partial charge in [-0.3, -0.25) is 15.1 Å². The first-order chi connectivity index (χ1) is 11.6. The lowest BCUT2D eigenvalue weighted by Crippen LogP contribution is -2.67. The molecule has 0 bridgehead atoms. The van der Waals surface area contributed by atoms with E-state index in [2.05, 4.69) is 76.3 Å². The van der Waals surface area contributed by atoms with Gasteiger partial charge in [0.15, 0.2) is 0 Å². The van der Waals surface area contributed by atoms with Crippen molar-refractivity contribution in [3.63, 3.8) is 0 Å². The Bertz CT molecular complexity index is 456. The number of carbonyl (C=O) groups excluding carboxylic acids is 1. The van der Waals surface area contributed by atoms with Crippen molar-refractivity contribution in [1.82, 2.24) is 21.0 Å². The van der Waals surface area contributed by atoms with Crippen LogP contribution < -0.4 is 21.9 Å². The maximum atomic E-state index is 12.2. The molecule has 0 atom stereocenters. The van der Waals surface area contributed by atoms with Gasteiger partial charge in [0, 0.05) is 34.2 Å². The molecule has 0 unspecified atom stereocenters. The van der Waals surface area contributed by atoms with Crippen molar-refractivity contribution in [2.24, 2.45) is 5.84 Å². The summed E-state index contributed by atoms with van der Waals surface area (Å²) in [5.41, 5.74) is 2.52. The number of hydrogen-bond donors (Lipinski definition) is 4. The van der Waals surface area contributed by atoms with Crippen molar-refractivity contribution < 1.29 is 4.79 Å². The highest BCUT2D eigenvalue weighted by atomic mass is 16.2. The third-order valence-corrected chi connectivity index (χ3v) is 5.76. The molecule has 5 N–H and O–H groups in total. The fourth-order valence-corrected chi connectivity index (χ4v) is 5.77. The smallest absolute Gasteiger partial charge is 0.248 e. The molecule has 0 radical (unpaired) electrons. The van der Waals surface area contributed by atoms with Gasteiger partial charge in [-0.05, 0) is 81.1 Å². The van der Waals surface area contributed by atoms with Crippen molar-refractivity contribution in [3.05, 3.63) is 0 Å². The SMILES string of the molecule is CC1(C)CC(N(CC(=O)NN)C2CC(C)(C)NC(C)(C)C2)CC(C)(C)N1. The highest BCUT2D eigenvalue weighted by molar-refractivity contribution is 5.77. The van der Waals surface area contributed by atoms with E-state index >= 15 is 0 Å². The average molecular weight is 368 g/mol. The van der Waals surface area contributed by atoms with Crippen molar-refractivity contribution >= 4 is 5.91 Å². The summed E-state index contributed by atoms with van der Waals surface area (Å²) >= 11 is 0. The van der Waals surface area contributed by atoms with Crippen molar-refractivity contribution in [1.29, 1.82) is 0 Å². The van der Waals surface area contributed by atoms with E-state index in [0.717, 1.165) is 25.7 Å². The molecule has 2 saturated heterocycles. The summed E-state index contributed by atoms with van der Waals surface area (Å²) in [6.45, 7) is 18.5. The lowest BCUT2D eigenvalue weighted by atomic mass is 9.75. The Balaban J connectivity index is 2.32. The van der Waals surface area contributed by atoms with Crippen LogP contribution in [0.5, 0.6) is 0 Å². The topological polar surface area (TPSA) is 82.4 Å². The van der Waals surface area contributed by atoms with E-state index in [1.807, 2.05) is 0 Å². The number of piperidine rings is 2. The fraction of sp³-hybridized carbons (Fsp3) is 0.950. The summed E-state index contributed by atoms with van der Waals surface area (Å²) in [4.78, 5) is 14.7. The Labute approximate surface area is 160 Å². The number of amides is 1. The molecule has 2 rings (SSSR count). The number of nitrogens with one attached hydrogen (secondary N) is 3. The molecule has 0 aromatic carbocycles. The molecule has 0 spiro atoms. The second kappa shape index (κ2) is 7.04. The van der Waals surface area contributed by atoms with Gasteiger partial charge in [0.05, 0.1) is 6.54 Å². The van der Waals surface area contributed by atoms with Crippen LogP contribution >= 0.6 is 0 Å². The molecule has 152 valence electrons. The van der Waals surface area contributed by atoms with Crippen LogP contribution in [-0.2, 0) is 4.79 Å². The number of hydrogen-bond acceptors (Lipinski definition) is 5. The molecule has 0 aromatic rings. The van der Waals surface area contributed by atoms with E-state index in [1.54, 1.807) is 0 Å². The van der Waals surface area contributed by atoms with Gasteiger partial charge in [0.1, 0.15) is 0 Å². The highest BCUT2D eigenvalue weighted by Gasteiger charge is 2.46. The van der Waals surface area contributed by atoms with Gasteiger partial charge < -0.3 is 10.6 Å². The second-order valence-electron chi connectivity index (χ2n) is 11.1. The minimum atomic E-state index is -0.103. The zero-order valence-electron chi connectivity index (χ0n) is 18.1. The van der Waals surface area contributed by atoms with Crippen LogP contribution in [0.2, 0.25) is 0 Å².